The maximum absolute atomic E-state index is 12.1. The topological polar surface area (TPSA) is 155 Å². The second kappa shape index (κ2) is 13.5. The second-order valence-corrected chi connectivity index (χ2v) is 12.8. The van der Waals surface area contributed by atoms with Crippen LogP contribution in [0.2, 0.25) is 0 Å². The van der Waals surface area contributed by atoms with Crippen LogP contribution in [-0.4, -0.2) is 80.1 Å². The molecule has 2 saturated heterocycles. The van der Waals surface area contributed by atoms with E-state index in [2.05, 4.69) is 60.0 Å². The van der Waals surface area contributed by atoms with E-state index in [0.717, 1.165) is 31.9 Å². The maximum Gasteiger partial charge on any atom is 0.243 e. The zero-order valence-corrected chi connectivity index (χ0v) is 26.4. The molecule has 4 aromatic rings. The average Bonchev–Trinajstić information content (AvgIpc) is 3.59. The minimum Gasteiger partial charge on any atom is -0.507 e. The van der Waals surface area contributed by atoms with Gasteiger partial charge in [0.15, 0.2) is 5.82 Å². The number of imide groups is 1. The smallest absolute Gasteiger partial charge is 0.243 e. The zero-order valence-electron chi connectivity index (χ0n) is 26.4. The van der Waals surface area contributed by atoms with Crippen LogP contribution in [0.4, 0.5) is 11.5 Å². The lowest BCUT2D eigenvalue weighted by Crippen LogP contribution is -2.51. The molecule has 3 aliphatic rings. The first-order valence-corrected chi connectivity index (χ1v) is 16.5. The van der Waals surface area contributed by atoms with Gasteiger partial charge in [0.2, 0.25) is 11.8 Å². The zero-order chi connectivity index (χ0) is 32.3. The SMILES string of the molecule is Nc1nnc(-c2ccccc2O)cc1-n1cc(N2CCN(C3CCC(c4cccc(CN[C@@H]5CCC(=O)NC5=O)c4)CC3)CC2)cn1. The molecule has 3 fully saturated rings. The number of hydrogen-bond donors (Lipinski definition) is 4. The van der Waals surface area contributed by atoms with Gasteiger partial charge in [-0.15, -0.1) is 10.2 Å². The standard InChI is InChI=1S/C35H41N9O3/c36-34-31(19-30(40-41-34)28-6-1-2-7-32(28)45)44-22-27(21-38-44)43-16-14-42(15-17-43)26-10-8-24(9-11-26)25-5-3-4-23(18-25)20-37-29-12-13-33(46)39-35(29)47/h1-7,18-19,21-22,24,26,29,37,45H,8-17,20H2,(H2,36,41)(H,39,46,47)/t24?,26?,29-/m1/s1. The number of phenols is 1. The first kappa shape index (κ1) is 30.8. The Kier molecular flexibility index (Phi) is 8.86. The fraction of sp³-hybridized carbons (Fsp3) is 0.400. The van der Waals surface area contributed by atoms with Gasteiger partial charge in [-0.2, -0.15) is 5.10 Å². The number of nitrogens with two attached hydrogens (primary N) is 1. The number of carbonyl (C=O) groups excluding carboxylic acids is 2. The van der Waals surface area contributed by atoms with Crippen molar-refractivity contribution in [2.75, 3.05) is 36.8 Å². The molecule has 2 aromatic carbocycles. The fourth-order valence-electron chi connectivity index (χ4n) is 7.21. The number of phenolic OH excluding ortho intramolecular Hbond substituents is 1. The Hall–Kier alpha value is -4.81. The molecule has 12 nitrogen and oxygen atoms in total. The van der Waals surface area contributed by atoms with Crippen LogP contribution in [0.1, 0.15) is 55.6 Å². The van der Waals surface area contributed by atoms with Crippen molar-refractivity contribution in [1.82, 2.24) is 35.5 Å². The average molecular weight is 636 g/mol. The number of anilines is 2. The van der Waals surface area contributed by atoms with Gasteiger partial charge in [-0.25, -0.2) is 4.68 Å². The lowest BCUT2D eigenvalue weighted by molar-refractivity contribution is -0.134. The summed E-state index contributed by atoms with van der Waals surface area (Å²) in [5.41, 5.74) is 11.5. The second-order valence-electron chi connectivity index (χ2n) is 12.8. The number of benzene rings is 2. The van der Waals surface area contributed by atoms with Crippen LogP contribution in [0.3, 0.4) is 0 Å². The minimum atomic E-state index is -0.315. The van der Waals surface area contributed by atoms with E-state index >= 15 is 0 Å². The van der Waals surface area contributed by atoms with E-state index in [1.807, 2.05) is 18.5 Å². The van der Waals surface area contributed by atoms with Crippen LogP contribution >= 0.6 is 0 Å². The van der Waals surface area contributed by atoms with Crippen molar-refractivity contribution in [3.8, 4) is 22.7 Å². The van der Waals surface area contributed by atoms with Gasteiger partial charge in [-0.3, -0.25) is 19.8 Å². The molecule has 0 unspecified atom stereocenters. The highest BCUT2D eigenvalue weighted by atomic mass is 16.3. The third-order valence-electron chi connectivity index (χ3n) is 9.90. The number of carbonyl (C=O) groups is 2. The number of hydrogen-bond acceptors (Lipinski definition) is 10. The number of nitrogen functional groups attached to an aromatic ring is 1. The highest BCUT2D eigenvalue weighted by Crippen LogP contribution is 2.36. The van der Waals surface area contributed by atoms with E-state index in [1.165, 1.54) is 36.8 Å². The largest absolute Gasteiger partial charge is 0.507 e. The number of rotatable bonds is 8. The molecule has 12 heteroatoms. The summed E-state index contributed by atoms with van der Waals surface area (Å²) in [5.74, 6) is 0.549. The van der Waals surface area contributed by atoms with Crippen LogP contribution < -0.4 is 21.3 Å². The Morgan fingerprint density at radius 2 is 1.74 bits per heavy atom. The first-order valence-electron chi connectivity index (χ1n) is 16.5. The summed E-state index contributed by atoms with van der Waals surface area (Å²) in [6.07, 6.45) is 9.51. The Balaban J connectivity index is 0.908. The van der Waals surface area contributed by atoms with Crippen molar-refractivity contribution in [2.24, 2.45) is 0 Å². The van der Waals surface area contributed by atoms with Crippen molar-refractivity contribution in [3.63, 3.8) is 0 Å². The van der Waals surface area contributed by atoms with Gasteiger partial charge < -0.3 is 21.1 Å². The van der Waals surface area contributed by atoms with Gasteiger partial charge in [0, 0.05) is 50.7 Å². The molecule has 7 rings (SSSR count). The first-order chi connectivity index (χ1) is 22.9. The Bertz CT molecular complexity index is 1740. The summed E-state index contributed by atoms with van der Waals surface area (Å²) >= 11 is 0. The van der Waals surface area contributed by atoms with E-state index in [4.69, 9.17) is 5.73 Å². The molecule has 0 radical (unpaired) electrons. The molecule has 2 amide bonds. The third kappa shape index (κ3) is 6.84. The molecular formula is C35H41N9O3. The number of piperazine rings is 1. The summed E-state index contributed by atoms with van der Waals surface area (Å²) in [7, 11) is 0. The van der Waals surface area contributed by atoms with Gasteiger partial charge in [-0.1, -0.05) is 36.4 Å². The molecule has 4 heterocycles. The van der Waals surface area contributed by atoms with Gasteiger partial charge in [0.25, 0.3) is 0 Å². The van der Waals surface area contributed by atoms with Crippen LogP contribution in [0.5, 0.6) is 5.75 Å². The van der Waals surface area contributed by atoms with Gasteiger partial charge in [-0.05, 0) is 67.3 Å². The van der Waals surface area contributed by atoms with Gasteiger partial charge in [0.1, 0.15) is 11.4 Å². The highest BCUT2D eigenvalue weighted by molar-refractivity contribution is 6.00. The fourth-order valence-corrected chi connectivity index (χ4v) is 7.21. The van der Waals surface area contributed by atoms with Crippen LogP contribution in [-0.2, 0) is 16.1 Å². The molecule has 5 N–H and O–H groups in total. The lowest BCUT2D eigenvalue weighted by Gasteiger charge is -2.42. The Labute approximate surface area is 274 Å². The Morgan fingerprint density at radius 1 is 0.936 bits per heavy atom. The predicted molar refractivity (Wildman–Crippen MR) is 179 cm³/mol. The van der Waals surface area contributed by atoms with E-state index < -0.39 is 0 Å². The highest BCUT2D eigenvalue weighted by Gasteiger charge is 2.30. The maximum atomic E-state index is 12.1. The molecule has 47 heavy (non-hydrogen) atoms. The van der Waals surface area contributed by atoms with Gasteiger partial charge >= 0.3 is 0 Å². The summed E-state index contributed by atoms with van der Waals surface area (Å²) in [5, 5.41) is 28.9. The van der Waals surface area contributed by atoms with E-state index in [-0.39, 0.29) is 29.4 Å². The van der Waals surface area contributed by atoms with E-state index in [9.17, 15) is 14.7 Å². The molecular weight excluding hydrogens is 594 g/mol. The number of piperidine rings is 1. The van der Waals surface area contributed by atoms with Crippen LogP contribution in [0.15, 0.2) is 67.0 Å². The monoisotopic (exact) mass is 635 g/mol. The Morgan fingerprint density at radius 3 is 2.53 bits per heavy atom. The molecule has 2 aliphatic heterocycles. The number of aromatic hydroxyl groups is 1. The van der Waals surface area contributed by atoms with Crippen LogP contribution in [0.25, 0.3) is 16.9 Å². The predicted octanol–water partition coefficient (Wildman–Crippen LogP) is 3.36. The van der Waals surface area contributed by atoms with Crippen molar-refractivity contribution < 1.29 is 14.7 Å². The summed E-state index contributed by atoms with van der Waals surface area (Å²) in [4.78, 5) is 28.6. The number of amides is 2. The minimum absolute atomic E-state index is 0.135. The van der Waals surface area contributed by atoms with Crippen molar-refractivity contribution in [2.45, 2.75) is 63.1 Å². The number of para-hydroxylation sites is 1. The molecule has 0 spiro atoms. The lowest BCUT2D eigenvalue weighted by atomic mass is 9.80. The van der Waals surface area contributed by atoms with E-state index in [0.29, 0.717) is 48.3 Å². The van der Waals surface area contributed by atoms with Crippen molar-refractivity contribution >= 4 is 23.3 Å². The molecule has 244 valence electrons. The molecule has 1 aliphatic carbocycles. The van der Waals surface area contributed by atoms with Crippen molar-refractivity contribution in [3.05, 3.63) is 78.1 Å². The number of nitrogens with zero attached hydrogens (tertiary/aromatic N) is 6. The molecule has 2 aromatic heterocycles. The van der Waals surface area contributed by atoms with Gasteiger partial charge in [0.05, 0.1) is 29.8 Å². The van der Waals surface area contributed by atoms with E-state index in [1.54, 1.807) is 28.9 Å². The summed E-state index contributed by atoms with van der Waals surface area (Å²) < 4.78 is 1.73. The molecule has 1 atom stereocenters. The van der Waals surface area contributed by atoms with Crippen molar-refractivity contribution in [1.29, 1.82) is 0 Å². The van der Waals surface area contributed by atoms with Crippen LogP contribution in [0, 0.1) is 0 Å². The molecule has 0 bridgehead atoms. The summed E-state index contributed by atoms with van der Waals surface area (Å²) in [6, 6.07) is 17.9. The number of aromatic nitrogens is 4. The summed E-state index contributed by atoms with van der Waals surface area (Å²) in [6.45, 7) is 4.50. The quantitative estimate of drug-likeness (QED) is 0.212. The number of nitrogens with one attached hydrogen (secondary N) is 2. The molecule has 1 saturated carbocycles. The normalized spacial score (nSPS) is 22.3. The third-order valence-corrected chi connectivity index (χ3v) is 9.90.